The van der Waals surface area contributed by atoms with Gasteiger partial charge in [-0.1, -0.05) is 71.7 Å². The highest BCUT2D eigenvalue weighted by atomic mass is 35.5. The van der Waals surface area contributed by atoms with Gasteiger partial charge in [0.2, 0.25) is 5.95 Å². The lowest BCUT2D eigenvalue weighted by Gasteiger charge is -2.27. The first kappa shape index (κ1) is 27.3. The Morgan fingerprint density at radius 1 is 1.00 bits per heavy atom. The number of benzene rings is 3. The molecule has 210 valence electrons. The minimum atomic E-state index is -0.383. The molecule has 0 saturated carbocycles. The van der Waals surface area contributed by atoms with Crippen molar-refractivity contribution in [3.63, 3.8) is 0 Å². The number of hydrogen-bond acceptors (Lipinski definition) is 6. The Morgan fingerprint density at radius 2 is 1.71 bits per heavy atom. The average molecular weight is 591 g/mol. The number of fused-ring (bicyclic) bond motifs is 2. The van der Waals surface area contributed by atoms with Crippen LogP contribution in [0.1, 0.15) is 42.0 Å². The van der Waals surface area contributed by atoms with Gasteiger partial charge in [-0.25, -0.2) is 14.5 Å². The second-order valence-electron chi connectivity index (χ2n) is 10.3. The van der Waals surface area contributed by atoms with Crippen molar-refractivity contribution in [2.24, 2.45) is 5.10 Å². The van der Waals surface area contributed by atoms with Crippen LogP contribution in [-0.2, 0) is 34.5 Å². The molecule has 0 saturated heterocycles. The molecule has 1 spiro atoms. The summed E-state index contributed by atoms with van der Waals surface area (Å²) in [5, 5.41) is 13.0. The number of aromatic nitrogens is 3. The van der Waals surface area contributed by atoms with E-state index in [-0.39, 0.29) is 43.2 Å². The first-order valence-electron chi connectivity index (χ1n) is 13.7. The number of aryl methyl sites for hydroxylation is 1. The van der Waals surface area contributed by atoms with Crippen LogP contribution in [0.25, 0.3) is 0 Å². The number of anilines is 1. The molecule has 0 fully saturated rings. The average Bonchev–Trinajstić information content (AvgIpc) is 3.64. The van der Waals surface area contributed by atoms with Crippen molar-refractivity contribution in [2.75, 3.05) is 18.2 Å². The maximum absolute atomic E-state index is 13.7. The summed E-state index contributed by atoms with van der Waals surface area (Å²) >= 11 is 12.3. The number of halogens is 2. The van der Waals surface area contributed by atoms with Crippen LogP contribution >= 0.6 is 23.2 Å². The Bertz CT molecular complexity index is 1680. The van der Waals surface area contributed by atoms with E-state index in [0.717, 1.165) is 29.7 Å². The zero-order valence-electron chi connectivity index (χ0n) is 22.6. The number of carbonyl (C=O) groups is 1. The van der Waals surface area contributed by atoms with Crippen molar-refractivity contribution in [3.05, 3.63) is 116 Å². The number of esters is 1. The molecular formula is C31H29Cl2N5O3. The number of nitrogens with zero attached hydrogens (tertiary/aromatic N) is 5. The van der Waals surface area contributed by atoms with Crippen molar-refractivity contribution in [3.8, 4) is 0 Å². The fourth-order valence-electron chi connectivity index (χ4n) is 5.86. The van der Waals surface area contributed by atoms with Gasteiger partial charge in [0.15, 0.2) is 0 Å². The van der Waals surface area contributed by atoms with Gasteiger partial charge in [-0.15, -0.1) is 5.10 Å². The standard InChI is InChI=1S/C31H29Cl2N5O3/c1-2-41-27(39)16-18-36-29(35-37(30(36)40)19-21-7-11-24(32)12-8-21)38-20-31(17-15-22-5-3-4-6-26(22)31)28(34-38)23-9-13-25(33)14-10-23/h3-14H,2,15-20H2,1H3. The van der Waals surface area contributed by atoms with Gasteiger partial charge in [0.1, 0.15) is 0 Å². The number of rotatable bonds is 8. The van der Waals surface area contributed by atoms with Gasteiger partial charge in [-0.3, -0.25) is 9.36 Å². The molecule has 0 radical (unpaired) electrons. The largest absolute Gasteiger partial charge is 0.466 e. The topological polar surface area (TPSA) is 81.7 Å². The van der Waals surface area contributed by atoms with Gasteiger partial charge < -0.3 is 4.74 Å². The molecule has 1 aliphatic heterocycles. The molecule has 1 aliphatic carbocycles. The van der Waals surface area contributed by atoms with Crippen molar-refractivity contribution in [1.82, 2.24) is 14.3 Å². The lowest BCUT2D eigenvalue weighted by Crippen LogP contribution is -2.37. The monoisotopic (exact) mass is 589 g/mol. The summed E-state index contributed by atoms with van der Waals surface area (Å²) in [6.07, 6.45) is 1.85. The third-order valence-corrected chi connectivity index (χ3v) is 8.29. The summed E-state index contributed by atoms with van der Waals surface area (Å²) in [5.74, 6) is 0.0183. The molecule has 0 bridgehead atoms. The Kier molecular flexibility index (Phi) is 7.45. The van der Waals surface area contributed by atoms with Crippen LogP contribution in [0.2, 0.25) is 10.0 Å². The Labute approximate surface area is 247 Å². The molecule has 41 heavy (non-hydrogen) atoms. The molecule has 1 unspecified atom stereocenters. The van der Waals surface area contributed by atoms with E-state index in [4.69, 9.17) is 38.1 Å². The highest BCUT2D eigenvalue weighted by molar-refractivity contribution is 6.31. The van der Waals surface area contributed by atoms with E-state index < -0.39 is 0 Å². The van der Waals surface area contributed by atoms with Crippen molar-refractivity contribution in [1.29, 1.82) is 0 Å². The second kappa shape index (κ2) is 11.2. The minimum Gasteiger partial charge on any atom is -0.466 e. The molecule has 3 aromatic carbocycles. The number of hydrogen-bond donors (Lipinski definition) is 0. The summed E-state index contributed by atoms with van der Waals surface area (Å²) in [6.45, 7) is 2.93. The Balaban J connectivity index is 1.44. The molecule has 2 aliphatic rings. The van der Waals surface area contributed by atoms with Crippen molar-refractivity contribution in [2.45, 2.75) is 44.7 Å². The summed E-state index contributed by atoms with van der Waals surface area (Å²) in [5.41, 5.74) is 4.58. The van der Waals surface area contributed by atoms with Crippen molar-refractivity contribution < 1.29 is 9.53 Å². The molecular weight excluding hydrogens is 561 g/mol. The molecule has 4 aromatic rings. The number of hydrazone groups is 1. The maximum atomic E-state index is 13.7. The van der Waals surface area contributed by atoms with Gasteiger partial charge in [0.25, 0.3) is 0 Å². The summed E-state index contributed by atoms with van der Waals surface area (Å²) in [4.78, 5) is 26.0. The van der Waals surface area contributed by atoms with E-state index in [9.17, 15) is 9.59 Å². The number of ether oxygens (including phenoxy) is 1. The second-order valence-corrected chi connectivity index (χ2v) is 11.2. The highest BCUT2D eigenvalue weighted by Crippen LogP contribution is 2.46. The first-order valence-corrected chi connectivity index (χ1v) is 14.4. The van der Waals surface area contributed by atoms with Gasteiger partial charge in [-0.05, 0) is 66.3 Å². The molecule has 1 atom stereocenters. The molecule has 10 heteroatoms. The van der Waals surface area contributed by atoms with E-state index >= 15 is 0 Å². The first-order chi connectivity index (χ1) is 19.9. The predicted molar refractivity (Wildman–Crippen MR) is 160 cm³/mol. The SMILES string of the molecule is CCOC(=O)CCn1c(N2CC3(CCc4ccccc43)C(c3ccc(Cl)cc3)=N2)nn(Cc2ccc(Cl)cc2)c1=O. The van der Waals surface area contributed by atoms with Gasteiger partial charge in [0.05, 0.1) is 37.2 Å². The van der Waals surface area contributed by atoms with E-state index in [0.29, 0.717) is 22.5 Å². The molecule has 8 nitrogen and oxygen atoms in total. The van der Waals surface area contributed by atoms with Crippen LogP contribution in [-0.4, -0.2) is 39.2 Å². The summed E-state index contributed by atoms with van der Waals surface area (Å²) in [7, 11) is 0. The molecule has 1 aromatic heterocycles. The Morgan fingerprint density at radius 3 is 2.44 bits per heavy atom. The van der Waals surface area contributed by atoms with Crippen LogP contribution in [0.3, 0.4) is 0 Å². The minimum absolute atomic E-state index is 0.0446. The third-order valence-electron chi connectivity index (χ3n) is 7.79. The van der Waals surface area contributed by atoms with Crippen LogP contribution in [0.5, 0.6) is 0 Å². The van der Waals surface area contributed by atoms with Gasteiger partial charge in [-0.2, -0.15) is 5.10 Å². The normalized spacial score (nSPS) is 17.6. The quantitative estimate of drug-likeness (QED) is 0.255. The third kappa shape index (κ3) is 5.18. The van der Waals surface area contributed by atoms with Crippen LogP contribution < -0.4 is 10.7 Å². The lowest BCUT2D eigenvalue weighted by molar-refractivity contribution is -0.143. The molecule has 0 amide bonds. The van der Waals surface area contributed by atoms with Crippen LogP contribution in [0.4, 0.5) is 5.95 Å². The fourth-order valence-corrected chi connectivity index (χ4v) is 6.11. The zero-order valence-corrected chi connectivity index (χ0v) is 24.1. The lowest BCUT2D eigenvalue weighted by atomic mass is 9.75. The molecule has 6 rings (SSSR count). The van der Waals surface area contributed by atoms with E-state index in [1.807, 2.05) is 41.4 Å². The Hall–Kier alpha value is -3.88. The summed E-state index contributed by atoms with van der Waals surface area (Å²) in [6, 6.07) is 23.5. The van der Waals surface area contributed by atoms with Crippen LogP contribution in [0, 0.1) is 0 Å². The van der Waals surface area contributed by atoms with Crippen molar-refractivity contribution >= 4 is 40.8 Å². The summed E-state index contributed by atoms with van der Waals surface area (Å²) < 4.78 is 8.07. The van der Waals surface area contributed by atoms with E-state index in [1.54, 1.807) is 19.1 Å². The predicted octanol–water partition coefficient (Wildman–Crippen LogP) is 5.46. The van der Waals surface area contributed by atoms with E-state index in [2.05, 4.69) is 24.3 Å². The smallest absolute Gasteiger partial charge is 0.347 e. The van der Waals surface area contributed by atoms with Crippen LogP contribution in [0.15, 0.2) is 82.7 Å². The molecule has 0 N–H and O–H groups in total. The van der Waals surface area contributed by atoms with E-state index in [1.165, 1.54) is 20.4 Å². The maximum Gasteiger partial charge on any atom is 0.347 e. The molecule has 2 heterocycles. The van der Waals surface area contributed by atoms with Gasteiger partial charge in [0, 0.05) is 16.6 Å². The van der Waals surface area contributed by atoms with Gasteiger partial charge >= 0.3 is 11.7 Å². The highest BCUT2D eigenvalue weighted by Gasteiger charge is 2.49. The zero-order chi connectivity index (χ0) is 28.6. The fraction of sp³-hybridized carbons (Fsp3) is 0.290. The number of carbonyl (C=O) groups excluding carboxylic acids is 1.